The van der Waals surface area contributed by atoms with Crippen LogP contribution >= 0.6 is 0 Å². The number of carbonyl (C=O) groups is 1. The number of carbonyl (C=O) groups excluding carboxylic acids is 1. The van der Waals surface area contributed by atoms with Crippen LogP contribution in [0, 0.1) is 6.92 Å². The van der Waals surface area contributed by atoms with Crippen LogP contribution in [0.4, 0.5) is 0 Å². The molecule has 0 spiro atoms. The van der Waals surface area contributed by atoms with Crippen LogP contribution < -0.4 is 10.1 Å². The van der Waals surface area contributed by atoms with Crippen molar-refractivity contribution in [2.75, 3.05) is 7.11 Å². The molecule has 30 heavy (non-hydrogen) atoms. The van der Waals surface area contributed by atoms with Gasteiger partial charge in [-0.25, -0.2) is 4.98 Å². The predicted octanol–water partition coefficient (Wildman–Crippen LogP) is 4.22. The summed E-state index contributed by atoms with van der Waals surface area (Å²) in [6.07, 6.45) is 7.13. The third-order valence-corrected chi connectivity index (χ3v) is 6.18. The van der Waals surface area contributed by atoms with E-state index in [4.69, 9.17) is 4.74 Å². The average Bonchev–Trinajstić information content (AvgIpc) is 3.46. The molecular weight excluding hydrogens is 378 g/mol. The Balaban J connectivity index is 1.75. The van der Waals surface area contributed by atoms with Crippen LogP contribution in [0.25, 0.3) is 16.9 Å². The summed E-state index contributed by atoms with van der Waals surface area (Å²) in [6.45, 7) is 5.90. The summed E-state index contributed by atoms with van der Waals surface area (Å²) in [4.78, 5) is 17.2. The van der Waals surface area contributed by atoms with Gasteiger partial charge in [0.1, 0.15) is 11.4 Å². The van der Waals surface area contributed by atoms with E-state index in [1.54, 1.807) is 7.11 Å². The molecule has 1 saturated carbocycles. The quantitative estimate of drug-likeness (QED) is 0.615. The number of imidazole rings is 1. The van der Waals surface area contributed by atoms with Gasteiger partial charge in [0.2, 0.25) is 0 Å². The molecule has 0 aliphatic heterocycles. The van der Waals surface area contributed by atoms with Gasteiger partial charge in [-0.15, -0.1) is 0 Å². The standard InChI is InChI=1S/C24H29N3O3/c1-5-24(29,6-2)17-9-10-27-19(14-25-21(27)13-17)16-11-15(3)22(20(12-16)30-4)23(28)26-18-7-8-18/h9-14,18,29H,5-8H2,1-4H3,(H,26,28). The Morgan fingerprint density at radius 2 is 2.03 bits per heavy atom. The topological polar surface area (TPSA) is 75.9 Å². The first kappa shape index (κ1) is 20.4. The number of hydrogen-bond acceptors (Lipinski definition) is 4. The minimum Gasteiger partial charge on any atom is -0.496 e. The van der Waals surface area contributed by atoms with E-state index in [-0.39, 0.29) is 5.91 Å². The number of methoxy groups -OCH3 is 1. The minimum atomic E-state index is -0.843. The van der Waals surface area contributed by atoms with Gasteiger partial charge in [0, 0.05) is 17.8 Å². The number of rotatable bonds is 7. The average molecular weight is 408 g/mol. The number of nitrogens with one attached hydrogen (secondary N) is 1. The van der Waals surface area contributed by atoms with E-state index in [1.165, 1.54) is 0 Å². The van der Waals surface area contributed by atoms with Gasteiger partial charge >= 0.3 is 0 Å². The molecule has 1 aliphatic rings. The Kier molecular flexibility index (Phi) is 5.28. The monoisotopic (exact) mass is 407 g/mol. The van der Waals surface area contributed by atoms with Gasteiger partial charge in [-0.3, -0.25) is 9.20 Å². The minimum absolute atomic E-state index is 0.0837. The first-order valence-corrected chi connectivity index (χ1v) is 10.6. The summed E-state index contributed by atoms with van der Waals surface area (Å²) in [5, 5.41) is 13.9. The van der Waals surface area contributed by atoms with Gasteiger partial charge in [-0.05, 0) is 68.0 Å². The molecule has 2 N–H and O–H groups in total. The van der Waals surface area contributed by atoms with Crippen molar-refractivity contribution in [3.63, 3.8) is 0 Å². The second-order valence-electron chi connectivity index (χ2n) is 8.14. The lowest BCUT2D eigenvalue weighted by atomic mass is 9.89. The van der Waals surface area contributed by atoms with Crippen LogP contribution in [0.5, 0.6) is 5.75 Å². The van der Waals surface area contributed by atoms with Crippen molar-refractivity contribution in [3.05, 3.63) is 53.3 Å². The van der Waals surface area contributed by atoms with E-state index < -0.39 is 5.60 Å². The SMILES string of the molecule is CCC(O)(CC)c1ccn2c(-c3cc(C)c(C(=O)NC4CC4)c(OC)c3)cnc2c1. The highest BCUT2D eigenvalue weighted by Crippen LogP contribution is 2.33. The van der Waals surface area contributed by atoms with Gasteiger partial charge in [0.15, 0.2) is 0 Å². The number of hydrogen-bond donors (Lipinski definition) is 2. The number of pyridine rings is 1. The van der Waals surface area contributed by atoms with E-state index in [9.17, 15) is 9.90 Å². The molecular formula is C24H29N3O3. The molecule has 0 atom stereocenters. The number of fused-ring (bicyclic) bond motifs is 1. The fourth-order valence-electron chi connectivity index (χ4n) is 3.98. The molecule has 1 aromatic carbocycles. The zero-order chi connectivity index (χ0) is 21.5. The highest BCUT2D eigenvalue weighted by atomic mass is 16.5. The highest BCUT2D eigenvalue weighted by Gasteiger charge is 2.27. The zero-order valence-corrected chi connectivity index (χ0v) is 18.0. The molecule has 6 nitrogen and oxygen atoms in total. The van der Waals surface area contributed by atoms with Gasteiger partial charge in [0.05, 0.1) is 30.2 Å². The van der Waals surface area contributed by atoms with Gasteiger partial charge in [-0.1, -0.05) is 13.8 Å². The first-order valence-electron chi connectivity index (χ1n) is 10.6. The van der Waals surface area contributed by atoms with Crippen molar-refractivity contribution in [2.45, 2.75) is 58.1 Å². The molecule has 0 bridgehead atoms. The summed E-state index contributed by atoms with van der Waals surface area (Å²) < 4.78 is 7.56. The molecule has 0 radical (unpaired) electrons. The smallest absolute Gasteiger partial charge is 0.255 e. The number of aryl methyl sites for hydroxylation is 1. The predicted molar refractivity (Wildman–Crippen MR) is 117 cm³/mol. The zero-order valence-electron chi connectivity index (χ0n) is 18.0. The maximum Gasteiger partial charge on any atom is 0.255 e. The maximum absolute atomic E-state index is 12.7. The fraction of sp³-hybridized carbons (Fsp3) is 0.417. The summed E-state index contributed by atoms with van der Waals surface area (Å²) in [5.74, 6) is 0.473. The van der Waals surface area contributed by atoms with Crippen molar-refractivity contribution in [3.8, 4) is 17.0 Å². The van der Waals surface area contributed by atoms with Crippen LogP contribution in [0.1, 0.15) is 61.0 Å². The molecule has 3 aromatic rings. The number of aromatic nitrogens is 2. The summed E-state index contributed by atoms with van der Waals surface area (Å²) in [5.41, 5.74) is 4.08. The molecule has 4 rings (SSSR count). The lowest BCUT2D eigenvalue weighted by Crippen LogP contribution is -2.26. The molecule has 6 heteroatoms. The molecule has 1 aliphatic carbocycles. The van der Waals surface area contributed by atoms with Crippen molar-refractivity contribution in [1.82, 2.24) is 14.7 Å². The normalized spacial score (nSPS) is 14.2. The Labute approximate surface area is 176 Å². The van der Waals surface area contributed by atoms with Crippen LogP contribution in [-0.2, 0) is 5.60 Å². The number of benzene rings is 1. The Hall–Kier alpha value is -2.86. The van der Waals surface area contributed by atoms with Crippen molar-refractivity contribution >= 4 is 11.6 Å². The van der Waals surface area contributed by atoms with Crippen LogP contribution in [0.2, 0.25) is 0 Å². The Morgan fingerprint density at radius 3 is 2.67 bits per heavy atom. The molecule has 158 valence electrons. The van der Waals surface area contributed by atoms with E-state index in [0.29, 0.717) is 30.2 Å². The molecule has 2 heterocycles. The third kappa shape index (κ3) is 3.56. The largest absolute Gasteiger partial charge is 0.496 e. The molecule has 1 fully saturated rings. The Bertz CT molecular complexity index is 1090. The van der Waals surface area contributed by atoms with Gasteiger partial charge in [0.25, 0.3) is 5.91 Å². The summed E-state index contributed by atoms with van der Waals surface area (Å²) in [7, 11) is 1.59. The number of nitrogens with zero attached hydrogens (tertiary/aromatic N) is 2. The van der Waals surface area contributed by atoms with E-state index in [1.807, 2.05) is 61.8 Å². The van der Waals surface area contributed by atoms with Gasteiger partial charge < -0.3 is 15.2 Å². The number of amides is 1. The van der Waals surface area contributed by atoms with E-state index in [2.05, 4.69) is 10.3 Å². The summed E-state index contributed by atoms with van der Waals surface area (Å²) in [6, 6.07) is 8.07. The molecule has 0 unspecified atom stereocenters. The molecule has 1 amide bonds. The van der Waals surface area contributed by atoms with Crippen molar-refractivity contribution in [2.24, 2.45) is 0 Å². The molecule has 2 aromatic heterocycles. The van der Waals surface area contributed by atoms with Crippen LogP contribution in [0.3, 0.4) is 0 Å². The second-order valence-corrected chi connectivity index (χ2v) is 8.14. The van der Waals surface area contributed by atoms with Crippen molar-refractivity contribution < 1.29 is 14.6 Å². The van der Waals surface area contributed by atoms with Crippen LogP contribution in [-0.4, -0.2) is 33.6 Å². The second kappa shape index (κ2) is 7.76. The number of ether oxygens (including phenoxy) is 1. The highest BCUT2D eigenvalue weighted by molar-refractivity contribution is 5.99. The maximum atomic E-state index is 12.7. The van der Waals surface area contributed by atoms with E-state index in [0.717, 1.165) is 40.9 Å². The summed E-state index contributed by atoms with van der Waals surface area (Å²) >= 11 is 0. The number of aliphatic hydroxyl groups is 1. The third-order valence-electron chi connectivity index (χ3n) is 6.18. The molecule has 0 saturated heterocycles. The Morgan fingerprint density at radius 1 is 1.30 bits per heavy atom. The van der Waals surface area contributed by atoms with Crippen LogP contribution in [0.15, 0.2) is 36.7 Å². The lowest BCUT2D eigenvalue weighted by Gasteiger charge is -2.25. The lowest BCUT2D eigenvalue weighted by molar-refractivity contribution is 0.0284. The van der Waals surface area contributed by atoms with Crippen molar-refractivity contribution in [1.29, 1.82) is 0 Å². The van der Waals surface area contributed by atoms with E-state index >= 15 is 0 Å². The fourth-order valence-corrected chi connectivity index (χ4v) is 3.98. The first-order chi connectivity index (χ1) is 14.4. The van der Waals surface area contributed by atoms with Gasteiger partial charge in [-0.2, -0.15) is 0 Å².